The first-order valence-corrected chi connectivity index (χ1v) is 10.1. The van der Waals surface area contributed by atoms with Gasteiger partial charge in [0.15, 0.2) is 0 Å². The number of ether oxygens (including phenoxy) is 3. The monoisotopic (exact) mass is 443 g/mol. The molecule has 2 aromatic rings. The molecule has 3 rings (SSSR count). The molecule has 2 N–H and O–H groups in total. The molecule has 1 aliphatic heterocycles. The second-order valence-electron chi connectivity index (χ2n) is 7.23. The summed E-state index contributed by atoms with van der Waals surface area (Å²) in [7, 11) is 2.69. The van der Waals surface area contributed by atoms with Gasteiger partial charge in [0.2, 0.25) is 5.88 Å². The normalized spacial score (nSPS) is 15.2. The second-order valence-corrected chi connectivity index (χ2v) is 7.23. The Hall–Kier alpha value is -3.66. The number of esters is 1. The molecule has 0 spiro atoms. The zero-order valence-electron chi connectivity index (χ0n) is 18.1. The van der Waals surface area contributed by atoms with Gasteiger partial charge in [-0.3, -0.25) is 14.9 Å². The lowest BCUT2D eigenvalue weighted by Crippen LogP contribution is -2.36. The van der Waals surface area contributed by atoms with Crippen LogP contribution in [0, 0.1) is 10.1 Å². The molecule has 2 heterocycles. The first kappa shape index (κ1) is 23.0. The van der Waals surface area contributed by atoms with Crippen LogP contribution in [0.4, 0.5) is 5.69 Å². The highest BCUT2D eigenvalue weighted by Crippen LogP contribution is 2.44. The van der Waals surface area contributed by atoms with Gasteiger partial charge in [-0.05, 0) is 6.42 Å². The smallest absolute Gasteiger partial charge is 0.340 e. The Kier molecular flexibility index (Phi) is 6.94. The van der Waals surface area contributed by atoms with Crippen LogP contribution in [-0.2, 0) is 27.2 Å². The molecule has 0 radical (unpaired) electrons. The van der Waals surface area contributed by atoms with E-state index >= 15 is 0 Å². The topological polar surface area (TPSA) is 136 Å². The van der Waals surface area contributed by atoms with Crippen molar-refractivity contribution in [2.75, 3.05) is 20.8 Å². The van der Waals surface area contributed by atoms with Gasteiger partial charge in [0.1, 0.15) is 11.3 Å². The fraction of sp³-hybridized carbons (Fsp3) is 0.364. The van der Waals surface area contributed by atoms with Crippen molar-refractivity contribution in [2.45, 2.75) is 32.2 Å². The number of pyridine rings is 1. The summed E-state index contributed by atoms with van der Waals surface area (Å²) < 4.78 is 17.3. The van der Waals surface area contributed by atoms with E-state index in [1.54, 1.807) is 16.7 Å². The van der Waals surface area contributed by atoms with Gasteiger partial charge in [-0.2, -0.15) is 0 Å². The Morgan fingerprint density at radius 3 is 2.66 bits per heavy atom. The van der Waals surface area contributed by atoms with E-state index in [0.29, 0.717) is 12.1 Å². The number of aromatic nitrogens is 1. The molecule has 10 nitrogen and oxygen atoms in total. The largest absolute Gasteiger partial charge is 0.465 e. The van der Waals surface area contributed by atoms with Gasteiger partial charge in [-0.25, -0.2) is 4.79 Å². The lowest BCUT2D eigenvalue weighted by Gasteiger charge is -2.29. The van der Waals surface area contributed by atoms with E-state index in [9.17, 15) is 19.7 Å². The minimum absolute atomic E-state index is 0.0878. The first-order valence-electron chi connectivity index (χ1n) is 10.1. The van der Waals surface area contributed by atoms with Crippen molar-refractivity contribution < 1.29 is 23.9 Å². The Morgan fingerprint density at radius 2 is 2.03 bits per heavy atom. The summed E-state index contributed by atoms with van der Waals surface area (Å²) in [5.41, 5.74) is 6.18. The number of rotatable bonds is 8. The highest BCUT2D eigenvalue weighted by atomic mass is 16.6. The number of nitrogens with zero attached hydrogens (tertiary/aromatic N) is 2. The maximum Gasteiger partial charge on any atom is 0.340 e. The zero-order valence-corrected chi connectivity index (χ0v) is 18.1. The summed E-state index contributed by atoms with van der Waals surface area (Å²) in [4.78, 5) is 37.5. The maximum absolute atomic E-state index is 13.7. The Balaban J connectivity index is 2.38. The maximum atomic E-state index is 13.7. The molecule has 0 bridgehead atoms. The molecule has 0 fully saturated rings. The van der Waals surface area contributed by atoms with Crippen LogP contribution in [0.1, 0.15) is 36.1 Å². The SMILES string of the molecule is CCCc1cc2c(c(=O)n1CCOC)C(c1ccccc1[N+](=O)[O-])C(C(=O)OC)=C(N)O2. The van der Waals surface area contributed by atoms with Crippen LogP contribution in [0.3, 0.4) is 0 Å². The van der Waals surface area contributed by atoms with Crippen LogP contribution >= 0.6 is 0 Å². The van der Waals surface area contributed by atoms with Gasteiger partial charge in [0.25, 0.3) is 11.2 Å². The molecule has 170 valence electrons. The number of aryl methyl sites for hydroxylation is 1. The molecular weight excluding hydrogens is 418 g/mol. The minimum atomic E-state index is -1.13. The van der Waals surface area contributed by atoms with Crippen LogP contribution in [0.15, 0.2) is 46.6 Å². The molecule has 1 atom stereocenters. The number of fused-ring (bicyclic) bond motifs is 1. The van der Waals surface area contributed by atoms with Crippen LogP contribution in [0.2, 0.25) is 0 Å². The van der Waals surface area contributed by atoms with Crippen molar-refractivity contribution in [2.24, 2.45) is 5.73 Å². The van der Waals surface area contributed by atoms with E-state index in [0.717, 1.165) is 13.5 Å². The van der Waals surface area contributed by atoms with E-state index in [2.05, 4.69) is 0 Å². The number of nitrogens with two attached hydrogens (primary N) is 1. The van der Waals surface area contributed by atoms with E-state index in [1.807, 2.05) is 6.92 Å². The van der Waals surface area contributed by atoms with Gasteiger partial charge >= 0.3 is 5.97 Å². The average molecular weight is 443 g/mol. The molecule has 32 heavy (non-hydrogen) atoms. The molecule has 0 saturated heterocycles. The number of nitro groups is 1. The summed E-state index contributed by atoms with van der Waals surface area (Å²) in [5.74, 6) is -2.06. The number of methoxy groups -OCH3 is 2. The quantitative estimate of drug-likeness (QED) is 0.373. The van der Waals surface area contributed by atoms with Crippen LogP contribution in [-0.4, -0.2) is 36.3 Å². The van der Waals surface area contributed by atoms with Crippen molar-refractivity contribution in [3.05, 3.63) is 79.1 Å². The van der Waals surface area contributed by atoms with Crippen molar-refractivity contribution >= 4 is 11.7 Å². The van der Waals surface area contributed by atoms with E-state index < -0.39 is 22.4 Å². The van der Waals surface area contributed by atoms with E-state index in [1.165, 1.54) is 25.3 Å². The third-order valence-corrected chi connectivity index (χ3v) is 5.32. The van der Waals surface area contributed by atoms with Crippen molar-refractivity contribution in [1.82, 2.24) is 4.57 Å². The lowest BCUT2D eigenvalue weighted by molar-refractivity contribution is -0.385. The highest BCUT2D eigenvalue weighted by molar-refractivity contribution is 5.93. The molecule has 1 aromatic heterocycles. The van der Waals surface area contributed by atoms with Crippen molar-refractivity contribution in [1.29, 1.82) is 0 Å². The number of carbonyl (C=O) groups is 1. The molecule has 0 saturated carbocycles. The molecule has 0 aliphatic carbocycles. The standard InChI is InChI=1S/C22H25N3O7/c1-4-7-13-12-16-18(21(26)24(13)10-11-30-2)17(19(20(23)32-16)22(27)31-3)14-8-5-6-9-15(14)25(28)29/h5-6,8-9,12,17H,4,7,10-11,23H2,1-3H3. The fourth-order valence-electron chi connectivity index (χ4n) is 3.93. The Morgan fingerprint density at radius 1 is 1.31 bits per heavy atom. The fourth-order valence-corrected chi connectivity index (χ4v) is 3.93. The number of nitro benzene ring substituents is 1. The van der Waals surface area contributed by atoms with Gasteiger partial charge < -0.3 is 24.5 Å². The number of benzene rings is 1. The molecule has 1 aliphatic rings. The third kappa shape index (κ3) is 4.09. The number of hydrogen-bond acceptors (Lipinski definition) is 8. The van der Waals surface area contributed by atoms with Gasteiger partial charge in [-0.15, -0.1) is 0 Å². The molecule has 10 heteroatoms. The minimum Gasteiger partial charge on any atom is -0.465 e. The first-order chi connectivity index (χ1) is 15.3. The third-order valence-electron chi connectivity index (χ3n) is 5.32. The Labute approximate surface area is 184 Å². The predicted octanol–water partition coefficient (Wildman–Crippen LogP) is 2.22. The van der Waals surface area contributed by atoms with Gasteiger partial charge in [0, 0.05) is 37.0 Å². The number of para-hydroxylation sites is 1. The zero-order chi connectivity index (χ0) is 23.4. The van der Waals surface area contributed by atoms with E-state index in [4.69, 9.17) is 19.9 Å². The highest BCUT2D eigenvalue weighted by Gasteiger charge is 2.41. The average Bonchev–Trinajstić information content (AvgIpc) is 2.77. The lowest BCUT2D eigenvalue weighted by atomic mass is 9.82. The summed E-state index contributed by atoms with van der Waals surface area (Å²) >= 11 is 0. The molecule has 0 amide bonds. The van der Waals surface area contributed by atoms with Gasteiger partial charge in [0.05, 0.1) is 30.1 Å². The second kappa shape index (κ2) is 9.65. The molecule has 1 aromatic carbocycles. The van der Waals surface area contributed by atoms with Crippen LogP contribution in [0.25, 0.3) is 0 Å². The van der Waals surface area contributed by atoms with Crippen LogP contribution in [0.5, 0.6) is 5.75 Å². The summed E-state index contributed by atoms with van der Waals surface area (Å²) in [6, 6.07) is 7.60. The van der Waals surface area contributed by atoms with Crippen LogP contribution < -0.4 is 16.0 Å². The summed E-state index contributed by atoms with van der Waals surface area (Å²) in [6.45, 7) is 2.54. The molecular formula is C22H25N3O7. The molecule has 1 unspecified atom stereocenters. The summed E-state index contributed by atoms with van der Waals surface area (Å²) in [6.07, 6.45) is 1.37. The number of carbonyl (C=O) groups excluding carboxylic acids is 1. The van der Waals surface area contributed by atoms with Crippen molar-refractivity contribution in [3.63, 3.8) is 0 Å². The van der Waals surface area contributed by atoms with E-state index in [-0.39, 0.29) is 47.2 Å². The Bertz CT molecular complexity index is 1140. The number of hydrogen-bond donors (Lipinski definition) is 1. The summed E-state index contributed by atoms with van der Waals surface area (Å²) in [5, 5.41) is 11.7. The van der Waals surface area contributed by atoms with Gasteiger partial charge in [-0.1, -0.05) is 31.5 Å². The predicted molar refractivity (Wildman–Crippen MR) is 115 cm³/mol. The van der Waals surface area contributed by atoms with Crippen molar-refractivity contribution in [3.8, 4) is 5.75 Å².